The lowest BCUT2D eigenvalue weighted by molar-refractivity contribution is -0.154. The zero-order valence-electron chi connectivity index (χ0n) is 13.7. The van der Waals surface area contributed by atoms with Crippen LogP contribution in [0.25, 0.3) is 0 Å². The topological polar surface area (TPSA) is 75.7 Å². The largest absolute Gasteiger partial charge is 0.466 e. The summed E-state index contributed by atoms with van der Waals surface area (Å²) in [5, 5.41) is 2.68. The second-order valence-electron chi connectivity index (χ2n) is 5.72. The lowest BCUT2D eigenvalue weighted by atomic mass is 9.83. The van der Waals surface area contributed by atoms with Gasteiger partial charge in [0.05, 0.1) is 19.1 Å². The molecule has 1 N–H and O–H groups in total. The highest BCUT2D eigenvalue weighted by atomic mass is 16.5. The Morgan fingerprint density at radius 1 is 1.26 bits per heavy atom. The maximum Gasteiger partial charge on any atom is 0.325 e. The normalized spacial score (nSPS) is 22.0. The van der Waals surface area contributed by atoms with Gasteiger partial charge in [0.2, 0.25) is 0 Å². The lowest BCUT2D eigenvalue weighted by Gasteiger charge is -2.29. The summed E-state index contributed by atoms with van der Waals surface area (Å²) in [4.78, 5) is 38.3. The number of hydrogen-bond acceptors (Lipinski definition) is 4. The van der Waals surface area contributed by atoms with Gasteiger partial charge in [0.15, 0.2) is 0 Å². The number of nitrogens with zero attached hydrogens (tertiary/aromatic N) is 1. The van der Waals surface area contributed by atoms with Crippen molar-refractivity contribution in [1.82, 2.24) is 10.2 Å². The Balaban J connectivity index is 2.23. The number of imide groups is 1. The molecule has 0 saturated carbocycles. The van der Waals surface area contributed by atoms with Gasteiger partial charge in [-0.3, -0.25) is 14.5 Å². The van der Waals surface area contributed by atoms with E-state index in [0.29, 0.717) is 6.42 Å². The minimum Gasteiger partial charge on any atom is -0.466 e. The van der Waals surface area contributed by atoms with Gasteiger partial charge in [0.1, 0.15) is 5.54 Å². The average Bonchev–Trinajstić information content (AvgIpc) is 2.73. The average molecular weight is 318 g/mol. The van der Waals surface area contributed by atoms with E-state index in [2.05, 4.69) is 5.32 Å². The molecule has 0 bridgehead atoms. The van der Waals surface area contributed by atoms with Crippen LogP contribution >= 0.6 is 0 Å². The molecular formula is C17H22N2O4. The summed E-state index contributed by atoms with van der Waals surface area (Å²) < 4.78 is 5.05. The van der Waals surface area contributed by atoms with E-state index in [0.717, 1.165) is 10.5 Å². The molecular weight excluding hydrogens is 296 g/mol. The monoisotopic (exact) mass is 318 g/mol. The standard InChI is InChI=1S/C17H22N2O4/c1-4-13(14(20)23-5-2)17(3)15(21)19(16(22)18-17)11-12-9-7-6-8-10-12/h6-10,13H,4-5,11H2,1-3H3,(H,18,22). The van der Waals surface area contributed by atoms with E-state index in [-0.39, 0.29) is 13.2 Å². The second kappa shape index (κ2) is 6.81. The van der Waals surface area contributed by atoms with Crippen molar-refractivity contribution in [2.24, 2.45) is 5.92 Å². The van der Waals surface area contributed by atoms with Crippen molar-refractivity contribution in [3.05, 3.63) is 35.9 Å². The highest BCUT2D eigenvalue weighted by molar-refractivity contribution is 6.08. The number of rotatable bonds is 6. The molecule has 1 aliphatic heterocycles. The predicted octanol–water partition coefficient (Wildman–Crippen LogP) is 2.09. The third kappa shape index (κ3) is 3.21. The Kier molecular flexibility index (Phi) is 5.03. The molecule has 1 heterocycles. The minimum atomic E-state index is -1.27. The number of benzene rings is 1. The lowest BCUT2D eigenvalue weighted by Crippen LogP contribution is -2.53. The molecule has 0 aliphatic carbocycles. The Labute approximate surface area is 135 Å². The highest BCUT2D eigenvalue weighted by Gasteiger charge is 2.54. The quantitative estimate of drug-likeness (QED) is 0.643. The number of amides is 3. The van der Waals surface area contributed by atoms with Crippen LogP contribution in [0.2, 0.25) is 0 Å². The van der Waals surface area contributed by atoms with Crippen LogP contribution in [0.1, 0.15) is 32.8 Å². The molecule has 1 fully saturated rings. The highest BCUT2D eigenvalue weighted by Crippen LogP contribution is 2.30. The van der Waals surface area contributed by atoms with Gasteiger partial charge in [-0.2, -0.15) is 0 Å². The number of ether oxygens (including phenoxy) is 1. The van der Waals surface area contributed by atoms with Crippen molar-refractivity contribution in [3.63, 3.8) is 0 Å². The fourth-order valence-electron chi connectivity index (χ4n) is 2.91. The molecule has 2 rings (SSSR count). The van der Waals surface area contributed by atoms with Gasteiger partial charge in [-0.25, -0.2) is 4.79 Å². The number of hydrogen-bond donors (Lipinski definition) is 1. The first-order valence-electron chi connectivity index (χ1n) is 7.78. The van der Waals surface area contributed by atoms with Crippen LogP contribution in [-0.2, 0) is 20.9 Å². The van der Waals surface area contributed by atoms with Crippen LogP contribution in [0.4, 0.5) is 4.79 Å². The summed E-state index contributed by atoms with van der Waals surface area (Å²) in [6.07, 6.45) is 0.403. The van der Waals surface area contributed by atoms with Crippen molar-refractivity contribution < 1.29 is 19.1 Å². The number of carbonyl (C=O) groups excluding carboxylic acids is 3. The van der Waals surface area contributed by atoms with Crippen molar-refractivity contribution in [1.29, 1.82) is 0 Å². The van der Waals surface area contributed by atoms with Crippen LogP contribution in [0.5, 0.6) is 0 Å². The van der Waals surface area contributed by atoms with E-state index in [1.807, 2.05) is 30.3 Å². The summed E-state index contributed by atoms with van der Waals surface area (Å²) in [5.41, 5.74) is -0.420. The van der Waals surface area contributed by atoms with Gasteiger partial charge < -0.3 is 10.1 Å². The van der Waals surface area contributed by atoms with Gasteiger partial charge in [0.25, 0.3) is 5.91 Å². The molecule has 2 unspecified atom stereocenters. The summed E-state index contributed by atoms with van der Waals surface area (Å²) in [6, 6.07) is 8.77. The first-order valence-corrected chi connectivity index (χ1v) is 7.78. The van der Waals surface area contributed by atoms with E-state index < -0.39 is 29.4 Å². The van der Waals surface area contributed by atoms with E-state index in [4.69, 9.17) is 4.74 Å². The minimum absolute atomic E-state index is 0.181. The van der Waals surface area contributed by atoms with Crippen LogP contribution in [0.3, 0.4) is 0 Å². The van der Waals surface area contributed by atoms with Crippen LogP contribution in [0.15, 0.2) is 30.3 Å². The maximum absolute atomic E-state index is 12.8. The summed E-state index contributed by atoms with van der Waals surface area (Å²) in [5.74, 6) is -1.57. The van der Waals surface area contributed by atoms with E-state index >= 15 is 0 Å². The first-order chi connectivity index (χ1) is 10.9. The summed E-state index contributed by atoms with van der Waals surface area (Å²) in [7, 11) is 0. The summed E-state index contributed by atoms with van der Waals surface area (Å²) in [6.45, 7) is 5.51. The van der Waals surface area contributed by atoms with Crippen molar-refractivity contribution in [2.75, 3.05) is 6.61 Å². The molecule has 2 atom stereocenters. The van der Waals surface area contributed by atoms with Crippen molar-refractivity contribution >= 4 is 17.9 Å². The third-order valence-electron chi connectivity index (χ3n) is 4.16. The van der Waals surface area contributed by atoms with Gasteiger partial charge >= 0.3 is 12.0 Å². The maximum atomic E-state index is 12.8. The molecule has 3 amide bonds. The molecule has 23 heavy (non-hydrogen) atoms. The van der Waals surface area contributed by atoms with Crippen molar-refractivity contribution in [3.8, 4) is 0 Å². The zero-order valence-corrected chi connectivity index (χ0v) is 13.7. The molecule has 1 saturated heterocycles. The van der Waals surface area contributed by atoms with Gasteiger partial charge in [0, 0.05) is 0 Å². The van der Waals surface area contributed by atoms with Gasteiger partial charge in [-0.05, 0) is 25.8 Å². The SMILES string of the molecule is CCOC(=O)C(CC)C1(C)NC(=O)N(Cc2ccccc2)C1=O. The van der Waals surface area contributed by atoms with E-state index in [9.17, 15) is 14.4 Å². The molecule has 0 radical (unpaired) electrons. The first kappa shape index (κ1) is 17.0. The summed E-state index contributed by atoms with van der Waals surface area (Å²) >= 11 is 0. The van der Waals surface area contributed by atoms with Crippen LogP contribution in [-0.4, -0.2) is 35.0 Å². The molecule has 1 aliphatic rings. The number of esters is 1. The molecule has 1 aromatic carbocycles. The molecule has 6 nitrogen and oxygen atoms in total. The van der Waals surface area contributed by atoms with Crippen LogP contribution in [0, 0.1) is 5.92 Å². The molecule has 0 spiro atoms. The molecule has 0 aromatic heterocycles. The fourth-order valence-corrected chi connectivity index (χ4v) is 2.91. The smallest absolute Gasteiger partial charge is 0.325 e. The zero-order chi connectivity index (χ0) is 17.0. The van der Waals surface area contributed by atoms with E-state index in [1.54, 1.807) is 20.8 Å². The van der Waals surface area contributed by atoms with Crippen LogP contribution < -0.4 is 5.32 Å². The number of urea groups is 1. The Morgan fingerprint density at radius 3 is 2.48 bits per heavy atom. The van der Waals surface area contributed by atoms with Gasteiger partial charge in [-0.1, -0.05) is 37.3 Å². The molecule has 6 heteroatoms. The number of nitrogens with one attached hydrogen (secondary N) is 1. The Morgan fingerprint density at radius 2 is 1.91 bits per heavy atom. The third-order valence-corrected chi connectivity index (χ3v) is 4.16. The van der Waals surface area contributed by atoms with Gasteiger partial charge in [-0.15, -0.1) is 0 Å². The molecule has 1 aromatic rings. The number of carbonyl (C=O) groups is 3. The predicted molar refractivity (Wildman–Crippen MR) is 84.3 cm³/mol. The molecule has 124 valence electrons. The Bertz CT molecular complexity index is 602. The second-order valence-corrected chi connectivity index (χ2v) is 5.72. The van der Waals surface area contributed by atoms with Crippen molar-refractivity contribution in [2.45, 2.75) is 39.3 Å². The fraction of sp³-hybridized carbons (Fsp3) is 0.471. The Hall–Kier alpha value is -2.37. The van der Waals surface area contributed by atoms with E-state index in [1.165, 1.54) is 0 Å².